The Morgan fingerprint density at radius 2 is 2.24 bits per heavy atom. The molecule has 0 amide bonds. The number of aromatic nitrogens is 4. The van der Waals surface area contributed by atoms with Crippen LogP contribution in [-0.2, 0) is 7.05 Å². The van der Waals surface area contributed by atoms with E-state index in [0.717, 1.165) is 5.56 Å². The first-order valence-corrected chi connectivity index (χ1v) is 5.09. The first-order chi connectivity index (χ1) is 8.13. The molecule has 17 heavy (non-hydrogen) atoms. The van der Waals surface area contributed by atoms with Crippen LogP contribution in [0.2, 0.25) is 0 Å². The van der Waals surface area contributed by atoms with Crippen molar-refractivity contribution in [3.63, 3.8) is 0 Å². The molecule has 0 saturated carbocycles. The highest BCUT2D eigenvalue weighted by Gasteiger charge is 2.18. The average molecular weight is 232 g/mol. The normalized spacial score (nSPS) is 10.5. The Morgan fingerprint density at radius 1 is 1.47 bits per heavy atom. The van der Waals surface area contributed by atoms with Gasteiger partial charge in [0.2, 0.25) is 5.78 Å². The lowest BCUT2D eigenvalue weighted by atomic mass is 10.1. The molecule has 1 N–H and O–H groups in total. The van der Waals surface area contributed by atoms with Crippen molar-refractivity contribution in [2.75, 3.05) is 6.61 Å². The zero-order valence-corrected chi connectivity index (χ0v) is 9.58. The fourth-order valence-electron chi connectivity index (χ4n) is 1.63. The molecule has 0 bridgehead atoms. The number of aliphatic hydroxyl groups is 1. The van der Waals surface area contributed by atoms with E-state index in [2.05, 4.69) is 15.3 Å². The number of rotatable bonds is 3. The van der Waals surface area contributed by atoms with Gasteiger partial charge >= 0.3 is 0 Å². The van der Waals surface area contributed by atoms with Crippen LogP contribution in [-0.4, -0.2) is 37.5 Å². The summed E-state index contributed by atoms with van der Waals surface area (Å²) in [4.78, 5) is 11.6. The first-order valence-electron chi connectivity index (χ1n) is 5.09. The SMILES string of the molecule is Cc1cnnc(-c2cnn(C)c2C(=O)CO)c1. The smallest absolute Gasteiger partial charge is 0.206 e. The van der Waals surface area contributed by atoms with Gasteiger partial charge in [0.1, 0.15) is 12.3 Å². The van der Waals surface area contributed by atoms with Crippen LogP contribution in [0.25, 0.3) is 11.3 Å². The topological polar surface area (TPSA) is 80.9 Å². The third-order valence-corrected chi connectivity index (χ3v) is 2.41. The summed E-state index contributed by atoms with van der Waals surface area (Å²) in [6.45, 7) is 1.34. The third kappa shape index (κ3) is 2.07. The zero-order valence-electron chi connectivity index (χ0n) is 9.58. The molecule has 0 radical (unpaired) electrons. The van der Waals surface area contributed by atoms with Crippen LogP contribution < -0.4 is 0 Å². The van der Waals surface area contributed by atoms with E-state index in [1.54, 1.807) is 19.4 Å². The molecule has 0 fully saturated rings. The highest BCUT2D eigenvalue weighted by molar-refractivity contribution is 6.01. The second kappa shape index (κ2) is 4.42. The van der Waals surface area contributed by atoms with Crippen molar-refractivity contribution in [1.82, 2.24) is 20.0 Å². The maximum atomic E-state index is 11.6. The first kappa shape index (κ1) is 11.4. The van der Waals surface area contributed by atoms with Gasteiger partial charge in [-0.25, -0.2) is 0 Å². The number of ketones is 1. The number of carbonyl (C=O) groups is 1. The molecule has 6 nitrogen and oxygen atoms in total. The van der Waals surface area contributed by atoms with Crippen molar-refractivity contribution in [3.05, 3.63) is 29.7 Å². The van der Waals surface area contributed by atoms with Crippen LogP contribution in [0.3, 0.4) is 0 Å². The van der Waals surface area contributed by atoms with E-state index in [-0.39, 0.29) is 5.78 Å². The molecule has 88 valence electrons. The second-order valence-electron chi connectivity index (χ2n) is 3.73. The summed E-state index contributed by atoms with van der Waals surface area (Å²) < 4.78 is 1.43. The standard InChI is InChI=1S/C11H12N4O2/c1-7-3-9(14-12-4-7)8-5-13-15(2)11(8)10(17)6-16/h3-5,16H,6H2,1-2H3. The maximum Gasteiger partial charge on any atom is 0.206 e. The van der Waals surface area contributed by atoms with Gasteiger partial charge < -0.3 is 5.11 Å². The van der Waals surface area contributed by atoms with Gasteiger partial charge in [0, 0.05) is 7.05 Å². The third-order valence-electron chi connectivity index (χ3n) is 2.41. The van der Waals surface area contributed by atoms with Crippen LogP contribution >= 0.6 is 0 Å². The van der Waals surface area contributed by atoms with E-state index in [0.29, 0.717) is 17.0 Å². The van der Waals surface area contributed by atoms with E-state index in [1.165, 1.54) is 4.68 Å². The van der Waals surface area contributed by atoms with Gasteiger partial charge in [0.05, 0.1) is 23.7 Å². The number of aryl methyl sites for hydroxylation is 2. The Labute approximate surface area is 97.9 Å². The number of aliphatic hydroxyl groups excluding tert-OH is 1. The Balaban J connectivity index is 2.57. The molecule has 0 aromatic carbocycles. The van der Waals surface area contributed by atoms with Gasteiger partial charge in [-0.15, -0.1) is 0 Å². The molecule has 0 aliphatic rings. The fraction of sp³-hybridized carbons (Fsp3) is 0.273. The number of hydrogen-bond acceptors (Lipinski definition) is 5. The average Bonchev–Trinajstić information content (AvgIpc) is 2.70. The second-order valence-corrected chi connectivity index (χ2v) is 3.73. The van der Waals surface area contributed by atoms with E-state index in [1.807, 2.05) is 13.0 Å². The highest BCUT2D eigenvalue weighted by Crippen LogP contribution is 2.21. The van der Waals surface area contributed by atoms with Crippen LogP contribution in [0.1, 0.15) is 16.1 Å². The Kier molecular flexibility index (Phi) is 2.97. The van der Waals surface area contributed by atoms with Gasteiger partial charge in [-0.1, -0.05) is 0 Å². The molecule has 0 spiro atoms. The molecule has 0 saturated heterocycles. The number of carbonyl (C=O) groups excluding carboxylic acids is 1. The minimum absolute atomic E-state index is 0.340. The van der Waals surface area contributed by atoms with E-state index in [4.69, 9.17) is 5.11 Å². The Morgan fingerprint density at radius 3 is 2.88 bits per heavy atom. The summed E-state index contributed by atoms with van der Waals surface area (Å²) in [7, 11) is 1.65. The molecule has 0 unspecified atom stereocenters. The number of Topliss-reactive ketones (excluding diaryl/α,β-unsaturated/α-hetero) is 1. The zero-order chi connectivity index (χ0) is 12.4. The molecule has 2 aromatic heterocycles. The molecule has 0 aliphatic heterocycles. The minimum Gasteiger partial charge on any atom is -0.388 e. The summed E-state index contributed by atoms with van der Waals surface area (Å²) >= 11 is 0. The molecule has 6 heteroatoms. The van der Waals surface area contributed by atoms with Crippen LogP contribution in [0, 0.1) is 6.92 Å². The lowest BCUT2D eigenvalue weighted by Crippen LogP contribution is -2.12. The summed E-state index contributed by atoms with van der Waals surface area (Å²) in [5.41, 5.74) is 2.45. The molecular formula is C11H12N4O2. The van der Waals surface area contributed by atoms with Gasteiger partial charge in [0.25, 0.3) is 0 Å². The summed E-state index contributed by atoms with van der Waals surface area (Å²) in [5, 5.41) is 20.7. The number of nitrogens with zero attached hydrogens (tertiary/aromatic N) is 4. The minimum atomic E-state index is -0.550. The molecule has 2 aromatic rings. The van der Waals surface area contributed by atoms with Crippen molar-refractivity contribution in [2.45, 2.75) is 6.92 Å². The quantitative estimate of drug-likeness (QED) is 0.773. The summed E-state index contributed by atoms with van der Waals surface area (Å²) in [5.74, 6) is -0.386. The van der Waals surface area contributed by atoms with Crippen molar-refractivity contribution >= 4 is 5.78 Å². The van der Waals surface area contributed by atoms with E-state index in [9.17, 15) is 4.79 Å². The molecular weight excluding hydrogens is 220 g/mol. The van der Waals surface area contributed by atoms with Gasteiger partial charge in [-0.3, -0.25) is 9.48 Å². The largest absolute Gasteiger partial charge is 0.388 e. The molecule has 0 aliphatic carbocycles. The molecule has 2 heterocycles. The van der Waals surface area contributed by atoms with Gasteiger partial charge in [0.15, 0.2) is 0 Å². The van der Waals surface area contributed by atoms with Crippen molar-refractivity contribution in [3.8, 4) is 11.3 Å². The predicted molar refractivity (Wildman–Crippen MR) is 60.4 cm³/mol. The summed E-state index contributed by atoms with van der Waals surface area (Å²) in [6, 6.07) is 1.82. The predicted octanol–water partition coefficient (Wildman–Crippen LogP) is 0.361. The summed E-state index contributed by atoms with van der Waals surface area (Å²) in [6.07, 6.45) is 3.18. The van der Waals surface area contributed by atoms with Crippen molar-refractivity contribution in [2.24, 2.45) is 7.05 Å². The van der Waals surface area contributed by atoms with Crippen LogP contribution in [0.4, 0.5) is 0 Å². The lowest BCUT2D eigenvalue weighted by Gasteiger charge is -2.03. The Hall–Kier alpha value is -2.08. The molecule has 2 rings (SSSR count). The van der Waals surface area contributed by atoms with Crippen molar-refractivity contribution < 1.29 is 9.90 Å². The maximum absolute atomic E-state index is 11.6. The van der Waals surface area contributed by atoms with Crippen LogP contribution in [0.5, 0.6) is 0 Å². The van der Waals surface area contributed by atoms with Gasteiger partial charge in [-0.05, 0) is 18.6 Å². The van der Waals surface area contributed by atoms with Gasteiger partial charge in [-0.2, -0.15) is 15.3 Å². The number of hydrogen-bond donors (Lipinski definition) is 1. The van der Waals surface area contributed by atoms with E-state index >= 15 is 0 Å². The molecule has 0 atom stereocenters. The van der Waals surface area contributed by atoms with E-state index < -0.39 is 6.61 Å². The monoisotopic (exact) mass is 232 g/mol. The lowest BCUT2D eigenvalue weighted by molar-refractivity contribution is 0.0895. The van der Waals surface area contributed by atoms with Crippen molar-refractivity contribution in [1.29, 1.82) is 0 Å². The van der Waals surface area contributed by atoms with Crippen LogP contribution in [0.15, 0.2) is 18.5 Å². The Bertz CT molecular complexity index is 562. The highest BCUT2D eigenvalue weighted by atomic mass is 16.3. The fourth-order valence-corrected chi connectivity index (χ4v) is 1.63.